The Morgan fingerprint density at radius 1 is 0.935 bits per heavy atom. The molecular formula is C23H28ClN3O3S. The SMILES string of the molecule is Cc1ccc(N2CCN(C(=O)C3CCCN(S(=O)(=O)c4ccc(Cl)cc4)C3)CC2)cc1. The van der Waals surface area contributed by atoms with Crippen LogP contribution in [0, 0.1) is 12.8 Å². The molecule has 2 aliphatic rings. The topological polar surface area (TPSA) is 60.9 Å². The maximum atomic E-state index is 13.2. The number of benzene rings is 2. The van der Waals surface area contributed by atoms with Crippen molar-refractivity contribution in [1.82, 2.24) is 9.21 Å². The third kappa shape index (κ3) is 4.89. The van der Waals surface area contributed by atoms with Crippen molar-refractivity contribution in [3.8, 4) is 0 Å². The van der Waals surface area contributed by atoms with Crippen LogP contribution in [-0.2, 0) is 14.8 Å². The number of aryl methyl sites for hydroxylation is 1. The molecule has 0 aromatic heterocycles. The number of rotatable bonds is 4. The number of piperazine rings is 1. The molecule has 0 saturated carbocycles. The molecule has 166 valence electrons. The van der Waals surface area contributed by atoms with Crippen molar-refractivity contribution in [3.63, 3.8) is 0 Å². The monoisotopic (exact) mass is 461 g/mol. The van der Waals surface area contributed by atoms with Gasteiger partial charge in [-0.3, -0.25) is 4.79 Å². The number of halogens is 1. The van der Waals surface area contributed by atoms with Crippen LogP contribution in [0.4, 0.5) is 5.69 Å². The first-order valence-corrected chi connectivity index (χ1v) is 12.5. The number of hydrogen-bond donors (Lipinski definition) is 0. The molecule has 0 radical (unpaired) electrons. The summed E-state index contributed by atoms with van der Waals surface area (Å²) in [4.78, 5) is 17.6. The second kappa shape index (κ2) is 9.18. The van der Waals surface area contributed by atoms with Crippen LogP contribution < -0.4 is 4.90 Å². The van der Waals surface area contributed by atoms with E-state index in [2.05, 4.69) is 36.1 Å². The van der Waals surface area contributed by atoms with Crippen LogP contribution in [0.5, 0.6) is 0 Å². The molecule has 1 amide bonds. The predicted octanol–water partition coefficient (Wildman–Crippen LogP) is 3.40. The van der Waals surface area contributed by atoms with Gasteiger partial charge < -0.3 is 9.80 Å². The van der Waals surface area contributed by atoms with Gasteiger partial charge in [-0.15, -0.1) is 0 Å². The number of carbonyl (C=O) groups excluding carboxylic acids is 1. The summed E-state index contributed by atoms with van der Waals surface area (Å²) >= 11 is 5.89. The maximum absolute atomic E-state index is 13.2. The molecule has 6 nitrogen and oxygen atoms in total. The molecule has 2 aromatic carbocycles. The third-order valence-corrected chi connectivity index (χ3v) is 8.31. The molecule has 2 fully saturated rings. The van der Waals surface area contributed by atoms with E-state index in [-0.39, 0.29) is 23.3 Å². The van der Waals surface area contributed by atoms with Crippen molar-refractivity contribution in [2.75, 3.05) is 44.2 Å². The van der Waals surface area contributed by atoms with Crippen molar-refractivity contribution in [2.45, 2.75) is 24.7 Å². The standard InChI is InChI=1S/C23H28ClN3O3S/c1-18-4-8-21(9-5-18)25-13-15-26(16-14-25)23(28)19-3-2-12-27(17-19)31(29,30)22-10-6-20(24)7-11-22/h4-11,19H,2-3,12-17H2,1H3. The predicted molar refractivity (Wildman–Crippen MR) is 123 cm³/mol. The van der Waals surface area contributed by atoms with E-state index in [9.17, 15) is 13.2 Å². The Labute approximate surface area is 189 Å². The summed E-state index contributed by atoms with van der Waals surface area (Å²) in [6.07, 6.45) is 1.41. The van der Waals surface area contributed by atoms with Crippen molar-refractivity contribution in [1.29, 1.82) is 0 Å². The molecule has 2 heterocycles. The first-order valence-electron chi connectivity index (χ1n) is 10.7. The Hall–Kier alpha value is -2.09. The Kier molecular flexibility index (Phi) is 6.55. The minimum absolute atomic E-state index is 0.0690. The maximum Gasteiger partial charge on any atom is 0.243 e. The third-order valence-electron chi connectivity index (χ3n) is 6.18. The zero-order valence-corrected chi connectivity index (χ0v) is 19.3. The van der Waals surface area contributed by atoms with E-state index < -0.39 is 10.0 Å². The van der Waals surface area contributed by atoms with E-state index in [1.807, 2.05) is 4.90 Å². The molecule has 0 aliphatic carbocycles. The lowest BCUT2D eigenvalue weighted by Gasteiger charge is -2.39. The summed E-state index contributed by atoms with van der Waals surface area (Å²) in [5, 5.41) is 0.496. The van der Waals surface area contributed by atoms with Crippen LogP contribution in [0.3, 0.4) is 0 Å². The molecule has 1 atom stereocenters. The fraction of sp³-hybridized carbons (Fsp3) is 0.435. The largest absolute Gasteiger partial charge is 0.368 e. The lowest BCUT2D eigenvalue weighted by atomic mass is 9.97. The van der Waals surface area contributed by atoms with Gasteiger partial charge in [0.05, 0.1) is 10.8 Å². The van der Waals surface area contributed by atoms with Crippen molar-refractivity contribution in [3.05, 3.63) is 59.1 Å². The van der Waals surface area contributed by atoms with Crippen LogP contribution in [-0.4, -0.2) is 62.8 Å². The number of nitrogens with zero attached hydrogens (tertiary/aromatic N) is 3. The molecule has 2 aromatic rings. The van der Waals surface area contributed by atoms with E-state index in [1.165, 1.54) is 27.7 Å². The van der Waals surface area contributed by atoms with E-state index >= 15 is 0 Å². The van der Waals surface area contributed by atoms with Crippen LogP contribution in [0.25, 0.3) is 0 Å². The van der Waals surface area contributed by atoms with Crippen LogP contribution >= 0.6 is 11.6 Å². The number of piperidine rings is 1. The smallest absolute Gasteiger partial charge is 0.243 e. The van der Waals surface area contributed by atoms with E-state index in [0.717, 1.165) is 19.5 Å². The molecule has 0 bridgehead atoms. The Morgan fingerprint density at radius 2 is 1.58 bits per heavy atom. The summed E-state index contributed by atoms with van der Waals surface area (Å²) in [6.45, 7) is 5.64. The Balaban J connectivity index is 1.38. The van der Waals surface area contributed by atoms with Crippen molar-refractivity contribution < 1.29 is 13.2 Å². The van der Waals surface area contributed by atoms with Gasteiger partial charge >= 0.3 is 0 Å². The molecule has 0 spiro atoms. The molecule has 0 N–H and O–H groups in total. The van der Waals surface area contributed by atoms with Crippen LogP contribution in [0.15, 0.2) is 53.4 Å². The highest BCUT2D eigenvalue weighted by Crippen LogP contribution is 2.26. The van der Waals surface area contributed by atoms with Gasteiger partial charge in [-0.1, -0.05) is 29.3 Å². The van der Waals surface area contributed by atoms with Gasteiger partial charge in [-0.25, -0.2) is 8.42 Å². The molecule has 4 rings (SSSR count). The molecule has 2 saturated heterocycles. The number of anilines is 1. The summed E-state index contributed by atoms with van der Waals surface area (Å²) < 4.78 is 27.5. The molecule has 1 unspecified atom stereocenters. The minimum Gasteiger partial charge on any atom is -0.368 e. The summed E-state index contributed by atoms with van der Waals surface area (Å²) in [5.74, 6) is -0.221. The van der Waals surface area contributed by atoms with Gasteiger partial charge in [-0.2, -0.15) is 4.31 Å². The van der Waals surface area contributed by atoms with Gasteiger partial charge in [0.15, 0.2) is 0 Å². The number of carbonyl (C=O) groups is 1. The average molecular weight is 462 g/mol. The number of hydrogen-bond acceptors (Lipinski definition) is 4. The number of amides is 1. The normalized spacial score (nSPS) is 20.6. The first-order chi connectivity index (χ1) is 14.8. The minimum atomic E-state index is -3.63. The highest BCUT2D eigenvalue weighted by Gasteiger charge is 2.35. The van der Waals surface area contributed by atoms with Crippen LogP contribution in [0.2, 0.25) is 5.02 Å². The fourth-order valence-corrected chi connectivity index (χ4v) is 5.97. The summed E-state index contributed by atoms with van der Waals surface area (Å²) in [6, 6.07) is 14.6. The molecule has 2 aliphatic heterocycles. The van der Waals surface area contributed by atoms with Crippen molar-refractivity contribution in [2.24, 2.45) is 5.92 Å². The van der Waals surface area contributed by atoms with Gasteiger partial charge in [0.2, 0.25) is 15.9 Å². The molecular weight excluding hydrogens is 434 g/mol. The number of sulfonamides is 1. The van der Waals surface area contributed by atoms with Gasteiger partial charge in [-0.05, 0) is 56.2 Å². The summed E-state index contributed by atoms with van der Waals surface area (Å²) in [5.41, 5.74) is 2.41. The van der Waals surface area contributed by atoms with E-state index in [1.54, 1.807) is 12.1 Å². The highest BCUT2D eigenvalue weighted by molar-refractivity contribution is 7.89. The Bertz CT molecular complexity index is 1020. The quantitative estimate of drug-likeness (QED) is 0.700. The van der Waals surface area contributed by atoms with Gasteiger partial charge in [0.25, 0.3) is 0 Å². The van der Waals surface area contributed by atoms with Crippen molar-refractivity contribution >= 4 is 33.2 Å². The highest BCUT2D eigenvalue weighted by atomic mass is 35.5. The molecule has 31 heavy (non-hydrogen) atoms. The zero-order chi connectivity index (χ0) is 22.0. The zero-order valence-electron chi connectivity index (χ0n) is 17.7. The summed E-state index contributed by atoms with van der Waals surface area (Å²) in [7, 11) is -3.63. The van der Waals surface area contributed by atoms with Gasteiger partial charge in [0.1, 0.15) is 0 Å². The average Bonchev–Trinajstić information content (AvgIpc) is 2.80. The second-order valence-corrected chi connectivity index (χ2v) is 10.7. The lowest BCUT2D eigenvalue weighted by molar-refractivity contribution is -0.137. The fourth-order valence-electron chi connectivity index (χ4n) is 4.32. The van der Waals surface area contributed by atoms with E-state index in [0.29, 0.717) is 31.1 Å². The first kappa shape index (κ1) is 22.1. The van der Waals surface area contributed by atoms with Gasteiger partial charge in [0, 0.05) is 50.0 Å². The van der Waals surface area contributed by atoms with E-state index in [4.69, 9.17) is 11.6 Å². The Morgan fingerprint density at radius 3 is 2.23 bits per heavy atom. The molecule has 8 heteroatoms. The van der Waals surface area contributed by atoms with Crippen LogP contribution in [0.1, 0.15) is 18.4 Å². The lowest BCUT2D eigenvalue weighted by Crippen LogP contribution is -2.53. The second-order valence-electron chi connectivity index (χ2n) is 8.30.